The molecule has 26 heavy (non-hydrogen) atoms. The summed E-state index contributed by atoms with van der Waals surface area (Å²) < 4.78 is 6.07. The highest BCUT2D eigenvalue weighted by Gasteiger charge is 2.28. The van der Waals surface area contributed by atoms with E-state index in [1.165, 1.54) is 18.2 Å². The number of hydrogen-bond acceptors (Lipinski definition) is 3. The molecule has 2 aromatic rings. The van der Waals surface area contributed by atoms with Gasteiger partial charge in [-0.05, 0) is 40.8 Å². The van der Waals surface area contributed by atoms with Crippen LogP contribution in [0.1, 0.15) is 38.8 Å². The van der Waals surface area contributed by atoms with Crippen molar-refractivity contribution in [2.45, 2.75) is 45.8 Å². The number of rotatable bonds is 5. The minimum absolute atomic E-state index is 0.00709. The first-order valence-electron chi connectivity index (χ1n) is 9.17. The summed E-state index contributed by atoms with van der Waals surface area (Å²) in [7, 11) is 0. The first kappa shape index (κ1) is 18.3. The normalized spacial score (nSPS) is 14.7. The molecule has 1 fully saturated rings. The van der Waals surface area contributed by atoms with Crippen molar-refractivity contribution in [3.8, 4) is 5.75 Å². The molecule has 4 nitrogen and oxygen atoms in total. The first-order valence-corrected chi connectivity index (χ1v) is 9.17. The summed E-state index contributed by atoms with van der Waals surface area (Å²) in [5, 5.41) is 2.81. The van der Waals surface area contributed by atoms with Crippen LogP contribution in [-0.4, -0.2) is 25.1 Å². The lowest BCUT2D eigenvalue weighted by Gasteiger charge is -2.40. The van der Waals surface area contributed by atoms with E-state index in [9.17, 15) is 4.79 Å². The third-order valence-electron chi connectivity index (χ3n) is 4.71. The molecule has 0 saturated carbocycles. The third kappa shape index (κ3) is 4.57. The second kappa shape index (κ2) is 7.40. The summed E-state index contributed by atoms with van der Waals surface area (Å²) >= 11 is 0. The van der Waals surface area contributed by atoms with Crippen LogP contribution in [0.5, 0.6) is 5.75 Å². The highest BCUT2D eigenvalue weighted by atomic mass is 16.5. The number of carbonyl (C=O) groups is 1. The summed E-state index contributed by atoms with van der Waals surface area (Å²) in [4.78, 5) is 13.3. The van der Waals surface area contributed by atoms with Gasteiger partial charge in [0.2, 0.25) is 5.91 Å². The third-order valence-corrected chi connectivity index (χ3v) is 4.71. The van der Waals surface area contributed by atoms with Gasteiger partial charge < -0.3 is 15.0 Å². The maximum Gasteiger partial charge on any atom is 0.217 e. The molecule has 1 aliphatic heterocycles. The quantitative estimate of drug-likeness (QED) is 0.888. The minimum atomic E-state index is -0.00709. The van der Waals surface area contributed by atoms with E-state index < -0.39 is 0 Å². The number of amides is 1. The number of hydrogen-bond donors (Lipinski definition) is 1. The van der Waals surface area contributed by atoms with E-state index in [2.05, 4.69) is 79.5 Å². The monoisotopic (exact) mass is 352 g/mol. The Kier molecular flexibility index (Phi) is 5.21. The summed E-state index contributed by atoms with van der Waals surface area (Å²) in [6.07, 6.45) is 0.231. The number of nitrogens with zero attached hydrogens (tertiary/aromatic N) is 1. The smallest absolute Gasteiger partial charge is 0.217 e. The fourth-order valence-corrected chi connectivity index (χ4v) is 3.00. The number of carbonyl (C=O) groups excluding carboxylic acids is 1. The first-order chi connectivity index (χ1) is 12.3. The zero-order chi connectivity index (χ0) is 18.7. The lowest BCUT2D eigenvalue weighted by Crippen LogP contribution is -2.54. The Bertz CT molecular complexity index is 739. The highest BCUT2D eigenvalue weighted by molar-refractivity contribution is 5.72. The predicted octanol–water partition coefficient (Wildman–Crippen LogP) is 3.89. The Labute approximate surface area is 156 Å². The van der Waals surface area contributed by atoms with Crippen molar-refractivity contribution in [3.63, 3.8) is 0 Å². The van der Waals surface area contributed by atoms with Gasteiger partial charge in [-0.15, -0.1) is 0 Å². The van der Waals surface area contributed by atoms with Gasteiger partial charge in [0.25, 0.3) is 0 Å². The van der Waals surface area contributed by atoms with Crippen LogP contribution in [0.25, 0.3) is 0 Å². The molecule has 1 amide bonds. The van der Waals surface area contributed by atoms with Crippen molar-refractivity contribution in [2.24, 2.45) is 0 Å². The van der Waals surface area contributed by atoms with Crippen LogP contribution in [0.4, 0.5) is 5.69 Å². The molecule has 3 rings (SSSR count). The van der Waals surface area contributed by atoms with Gasteiger partial charge in [-0.1, -0.05) is 45.0 Å². The Hall–Kier alpha value is -2.49. The standard InChI is InChI=1S/C22H28N2O2/c1-16(25)23-13-17-5-9-19(10-6-17)24-14-21(15-24)26-20-11-7-18(8-12-20)22(2,3)4/h5-12,21H,13-15H2,1-4H3,(H,23,25). The van der Waals surface area contributed by atoms with Gasteiger partial charge in [0, 0.05) is 19.2 Å². The molecule has 0 unspecified atom stereocenters. The van der Waals surface area contributed by atoms with E-state index in [0.717, 1.165) is 24.4 Å². The van der Waals surface area contributed by atoms with Gasteiger partial charge >= 0.3 is 0 Å². The fourth-order valence-electron chi connectivity index (χ4n) is 3.00. The molecule has 1 saturated heterocycles. The summed E-state index contributed by atoms with van der Waals surface area (Å²) in [6, 6.07) is 16.8. The zero-order valence-corrected chi connectivity index (χ0v) is 16.1. The van der Waals surface area contributed by atoms with E-state index in [1.54, 1.807) is 0 Å². The lowest BCUT2D eigenvalue weighted by atomic mass is 9.87. The predicted molar refractivity (Wildman–Crippen MR) is 106 cm³/mol. The van der Waals surface area contributed by atoms with E-state index in [-0.39, 0.29) is 17.4 Å². The van der Waals surface area contributed by atoms with Gasteiger partial charge in [-0.3, -0.25) is 4.79 Å². The molecule has 1 aliphatic rings. The van der Waals surface area contributed by atoms with E-state index >= 15 is 0 Å². The molecule has 138 valence electrons. The SMILES string of the molecule is CC(=O)NCc1ccc(N2CC(Oc3ccc(C(C)(C)C)cc3)C2)cc1. The van der Waals surface area contributed by atoms with Crippen LogP contribution in [0.15, 0.2) is 48.5 Å². The van der Waals surface area contributed by atoms with Gasteiger partial charge in [-0.2, -0.15) is 0 Å². The van der Waals surface area contributed by atoms with E-state index in [4.69, 9.17) is 4.74 Å². The van der Waals surface area contributed by atoms with Crippen molar-refractivity contribution in [1.82, 2.24) is 5.32 Å². The van der Waals surface area contributed by atoms with Crippen molar-refractivity contribution >= 4 is 11.6 Å². The minimum Gasteiger partial charge on any atom is -0.487 e. The molecule has 1 heterocycles. The van der Waals surface area contributed by atoms with Crippen molar-refractivity contribution in [2.75, 3.05) is 18.0 Å². The van der Waals surface area contributed by atoms with Gasteiger partial charge in [0.05, 0.1) is 13.1 Å². The molecule has 2 aromatic carbocycles. The topological polar surface area (TPSA) is 41.6 Å². The highest BCUT2D eigenvalue weighted by Crippen LogP contribution is 2.27. The van der Waals surface area contributed by atoms with Crippen LogP contribution in [0.3, 0.4) is 0 Å². The second-order valence-electron chi connectivity index (χ2n) is 8.00. The van der Waals surface area contributed by atoms with Crippen LogP contribution in [0, 0.1) is 0 Å². The van der Waals surface area contributed by atoms with Crippen molar-refractivity contribution < 1.29 is 9.53 Å². The Morgan fingerprint density at radius 3 is 2.23 bits per heavy atom. The Morgan fingerprint density at radius 1 is 1.08 bits per heavy atom. The molecule has 0 bridgehead atoms. The van der Waals surface area contributed by atoms with Crippen LogP contribution in [0.2, 0.25) is 0 Å². The van der Waals surface area contributed by atoms with Crippen LogP contribution >= 0.6 is 0 Å². The molecular weight excluding hydrogens is 324 g/mol. The fraction of sp³-hybridized carbons (Fsp3) is 0.409. The Balaban J connectivity index is 1.49. The zero-order valence-electron chi connectivity index (χ0n) is 16.1. The lowest BCUT2D eigenvalue weighted by molar-refractivity contribution is -0.119. The summed E-state index contributed by atoms with van der Waals surface area (Å²) in [5.74, 6) is 0.931. The van der Waals surface area contributed by atoms with Crippen molar-refractivity contribution in [1.29, 1.82) is 0 Å². The average Bonchev–Trinajstić information content (AvgIpc) is 2.56. The van der Waals surface area contributed by atoms with Gasteiger partial charge in [-0.25, -0.2) is 0 Å². The maximum absolute atomic E-state index is 11.0. The molecule has 4 heteroatoms. The average molecular weight is 352 g/mol. The molecule has 0 radical (unpaired) electrons. The molecule has 0 spiro atoms. The number of ether oxygens (including phenoxy) is 1. The molecule has 0 atom stereocenters. The molecule has 0 aliphatic carbocycles. The van der Waals surface area contributed by atoms with Gasteiger partial charge in [0.1, 0.15) is 11.9 Å². The number of anilines is 1. The van der Waals surface area contributed by atoms with Crippen LogP contribution < -0.4 is 15.0 Å². The van der Waals surface area contributed by atoms with Crippen molar-refractivity contribution in [3.05, 3.63) is 59.7 Å². The number of nitrogens with one attached hydrogen (secondary N) is 1. The maximum atomic E-state index is 11.0. The number of benzene rings is 2. The van der Waals surface area contributed by atoms with Crippen LogP contribution in [-0.2, 0) is 16.8 Å². The molecule has 0 aromatic heterocycles. The summed E-state index contributed by atoms with van der Waals surface area (Å²) in [5.41, 5.74) is 3.79. The second-order valence-corrected chi connectivity index (χ2v) is 8.00. The van der Waals surface area contributed by atoms with E-state index in [1.807, 2.05) is 0 Å². The molecular formula is C22H28N2O2. The molecule has 1 N–H and O–H groups in total. The van der Waals surface area contributed by atoms with Gasteiger partial charge in [0.15, 0.2) is 0 Å². The summed E-state index contributed by atoms with van der Waals surface area (Å²) in [6.45, 7) is 10.5. The Morgan fingerprint density at radius 2 is 1.69 bits per heavy atom. The van der Waals surface area contributed by atoms with E-state index in [0.29, 0.717) is 6.54 Å². The largest absolute Gasteiger partial charge is 0.487 e.